The number of carbonyl (C=O) groups is 2. The minimum absolute atomic E-state index is 0.0903. The number of amides is 1. The Bertz CT molecular complexity index is 613. The van der Waals surface area contributed by atoms with Crippen LogP contribution in [0.1, 0.15) is 45.5 Å². The Kier molecular flexibility index (Phi) is 3.37. The van der Waals surface area contributed by atoms with E-state index in [0.29, 0.717) is 5.76 Å². The molecular weight excluding hydrogens is 252 g/mol. The summed E-state index contributed by atoms with van der Waals surface area (Å²) in [6.45, 7) is 3.54. The monoisotopic (exact) mass is 264 g/mol. The predicted molar refractivity (Wildman–Crippen MR) is 62.8 cm³/mol. The van der Waals surface area contributed by atoms with Gasteiger partial charge in [-0.05, 0) is 26.0 Å². The van der Waals surface area contributed by atoms with Crippen molar-refractivity contribution in [2.75, 3.05) is 0 Å². The molecule has 100 valence electrons. The highest BCUT2D eigenvalue weighted by atomic mass is 16.5. The summed E-state index contributed by atoms with van der Waals surface area (Å²) in [6.07, 6.45) is 0. The van der Waals surface area contributed by atoms with E-state index in [0.717, 1.165) is 11.8 Å². The van der Waals surface area contributed by atoms with Gasteiger partial charge in [0.2, 0.25) is 5.76 Å². The van der Waals surface area contributed by atoms with Gasteiger partial charge in [-0.1, -0.05) is 5.16 Å². The van der Waals surface area contributed by atoms with E-state index in [1.165, 1.54) is 0 Å². The van der Waals surface area contributed by atoms with E-state index in [1.54, 1.807) is 26.0 Å². The van der Waals surface area contributed by atoms with Gasteiger partial charge in [-0.15, -0.1) is 0 Å². The average molecular weight is 264 g/mol. The van der Waals surface area contributed by atoms with Crippen molar-refractivity contribution in [1.29, 1.82) is 0 Å². The van der Waals surface area contributed by atoms with Crippen LogP contribution in [-0.2, 0) is 0 Å². The lowest BCUT2D eigenvalue weighted by atomic mass is 10.2. The van der Waals surface area contributed by atoms with Crippen LogP contribution in [0, 0.1) is 6.92 Å². The molecule has 1 amide bonds. The van der Waals surface area contributed by atoms with Crippen molar-refractivity contribution in [2.24, 2.45) is 0 Å². The maximum absolute atomic E-state index is 11.8. The molecule has 0 fully saturated rings. The molecule has 2 aromatic rings. The Labute approximate surface area is 108 Å². The zero-order chi connectivity index (χ0) is 14.0. The summed E-state index contributed by atoms with van der Waals surface area (Å²) in [5.41, 5.74) is -0.0903. The molecule has 0 saturated carbocycles. The highest BCUT2D eigenvalue weighted by Crippen LogP contribution is 2.16. The first-order valence-corrected chi connectivity index (χ1v) is 5.54. The lowest BCUT2D eigenvalue weighted by molar-refractivity contribution is 0.0651. The summed E-state index contributed by atoms with van der Waals surface area (Å²) in [6, 6.07) is 4.26. The number of aryl methyl sites for hydroxylation is 1. The fraction of sp³-hybridized carbons (Fsp3) is 0.250. The molecule has 0 aromatic carbocycles. The molecule has 0 aliphatic rings. The van der Waals surface area contributed by atoms with Gasteiger partial charge in [0.25, 0.3) is 5.91 Å². The van der Waals surface area contributed by atoms with E-state index in [9.17, 15) is 9.59 Å². The molecule has 19 heavy (non-hydrogen) atoms. The van der Waals surface area contributed by atoms with E-state index in [4.69, 9.17) is 9.52 Å². The third-order valence-electron chi connectivity index (χ3n) is 2.49. The minimum Gasteiger partial charge on any atom is -0.475 e. The van der Waals surface area contributed by atoms with Gasteiger partial charge in [0.15, 0.2) is 5.69 Å². The van der Waals surface area contributed by atoms with Crippen LogP contribution in [-0.4, -0.2) is 22.1 Å². The number of carboxylic acids is 1. The zero-order valence-electron chi connectivity index (χ0n) is 10.3. The highest BCUT2D eigenvalue weighted by molar-refractivity contribution is 5.94. The van der Waals surface area contributed by atoms with Crippen LogP contribution in [0.3, 0.4) is 0 Å². The molecule has 2 rings (SSSR count). The van der Waals surface area contributed by atoms with E-state index < -0.39 is 11.9 Å². The molecule has 0 spiro atoms. The van der Waals surface area contributed by atoms with Crippen LogP contribution < -0.4 is 5.32 Å². The quantitative estimate of drug-likeness (QED) is 0.871. The smallest absolute Gasteiger partial charge is 0.374 e. The molecule has 1 unspecified atom stereocenters. The van der Waals surface area contributed by atoms with Crippen LogP contribution in [0.25, 0.3) is 0 Å². The number of furan rings is 1. The molecule has 2 N–H and O–H groups in total. The summed E-state index contributed by atoms with van der Waals surface area (Å²) < 4.78 is 9.88. The lowest BCUT2D eigenvalue weighted by Gasteiger charge is -2.09. The van der Waals surface area contributed by atoms with Gasteiger partial charge in [-0.2, -0.15) is 0 Å². The van der Waals surface area contributed by atoms with Crippen LogP contribution >= 0.6 is 0 Å². The molecule has 0 bridgehead atoms. The van der Waals surface area contributed by atoms with Crippen molar-refractivity contribution in [3.63, 3.8) is 0 Å². The normalized spacial score (nSPS) is 12.1. The van der Waals surface area contributed by atoms with Gasteiger partial charge in [0.05, 0.1) is 6.04 Å². The minimum atomic E-state index is -1.28. The second kappa shape index (κ2) is 4.97. The van der Waals surface area contributed by atoms with Gasteiger partial charge in [-0.25, -0.2) is 4.79 Å². The zero-order valence-corrected chi connectivity index (χ0v) is 10.3. The average Bonchev–Trinajstić information content (AvgIpc) is 2.96. The fourth-order valence-corrected chi connectivity index (χ4v) is 1.51. The topological polar surface area (TPSA) is 106 Å². The second-order valence-corrected chi connectivity index (χ2v) is 4.03. The van der Waals surface area contributed by atoms with Crippen LogP contribution in [0.5, 0.6) is 0 Å². The molecule has 0 aliphatic heterocycles. The third kappa shape index (κ3) is 2.82. The van der Waals surface area contributed by atoms with E-state index in [2.05, 4.69) is 15.0 Å². The Morgan fingerprint density at radius 3 is 2.68 bits per heavy atom. The number of hydrogen-bond acceptors (Lipinski definition) is 5. The van der Waals surface area contributed by atoms with Crippen molar-refractivity contribution in [2.45, 2.75) is 19.9 Å². The first-order valence-electron chi connectivity index (χ1n) is 5.54. The Hall–Kier alpha value is -2.57. The Morgan fingerprint density at radius 1 is 1.42 bits per heavy atom. The number of rotatable bonds is 4. The number of aromatic nitrogens is 1. The summed E-state index contributed by atoms with van der Waals surface area (Å²) in [5, 5.41) is 14.7. The van der Waals surface area contributed by atoms with Crippen LogP contribution in [0.4, 0.5) is 0 Å². The summed E-state index contributed by atoms with van der Waals surface area (Å²) in [5.74, 6) is -0.843. The molecule has 0 saturated heterocycles. The first kappa shape index (κ1) is 12.9. The molecule has 2 heterocycles. The van der Waals surface area contributed by atoms with Crippen molar-refractivity contribution < 1.29 is 23.6 Å². The van der Waals surface area contributed by atoms with E-state index in [1.807, 2.05) is 0 Å². The maximum atomic E-state index is 11.8. The molecule has 0 aliphatic carbocycles. The molecule has 2 aromatic heterocycles. The third-order valence-corrected chi connectivity index (χ3v) is 2.49. The SMILES string of the molecule is Cc1ccc(C(C)NC(=O)c2cc(C(=O)O)on2)o1. The molecule has 1 atom stereocenters. The summed E-state index contributed by atoms with van der Waals surface area (Å²) >= 11 is 0. The van der Waals surface area contributed by atoms with Crippen molar-refractivity contribution in [3.8, 4) is 0 Å². The van der Waals surface area contributed by atoms with Crippen molar-refractivity contribution >= 4 is 11.9 Å². The maximum Gasteiger partial charge on any atom is 0.374 e. The van der Waals surface area contributed by atoms with E-state index in [-0.39, 0.29) is 17.5 Å². The second-order valence-electron chi connectivity index (χ2n) is 4.03. The highest BCUT2D eigenvalue weighted by Gasteiger charge is 2.19. The summed E-state index contributed by atoms with van der Waals surface area (Å²) in [7, 11) is 0. The van der Waals surface area contributed by atoms with Gasteiger partial charge >= 0.3 is 5.97 Å². The Morgan fingerprint density at radius 2 is 2.16 bits per heavy atom. The van der Waals surface area contributed by atoms with Gasteiger partial charge in [0.1, 0.15) is 11.5 Å². The Balaban J connectivity index is 2.06. The van der Waals surface area contributed by atoms with Crippen molar-refractivity contribution in [1.82, 2.24) is 10.5 Å². The first-order chi connectivity index (χ1) is 8.97. The molecule has 7 heteroatoms. The molecular formula is C12H12N2O5. The van der Waals surface area contributed by atoms with Crippen LogP contribution in [0.2, 0.25) is 0 Å². The van der Waals surface area contributed by atoms with E-state index >= 15 is 0 Å². The summed E-state index contributed by atoms with van der Waals surface area (Å²) in [4.78, 5) is 22.4. The predicted octanol–water partition coefficient (Wildman–Crippen LogP) is 1.77. The van der Waals surface area contributed by atoms with Crippen LogP contribution in [0.15, 0.2) is 27.1 Å². The van der Waals surface area contributed by atoms with Gasteiger partial charge < -0.3 is 19.4 Å². The number of carbonyl (C=O) groups excluding carboxylic acids is 1. The van der Waals surface area contributed by atoms with Gasteiger partial charge in [0, 0.05) is 6.07 Å². The lowest BCUT2D eigenvalue weighted by Crippen LogP contribution is -2.26. The number of carboxylic acid groups (broad SMARTS) is 1. The number of nitrogens with zero attached hydrogens (tertiary/aromatic N) is 1. The standard InChI is InChI=1S/C12H12N2O5/c1-6-3-4-9(18-6)7(2)13-11(15)8-5-10(12(16)17)19-14-8/h3-5,7H,1-2H3,(H,13,15)(H,16,17). The van der Waals surface area contributed by atoms with Gasteiger partial charge in [-0.3, -0.25) is 4.79 Å². The molecule has 0 radical (unpaired) electrons. The number of aromatic carboxylic acids is 1. The molecule has 7 nitrogen and oxygen atoms in total. The fourth-order valence-electron chi connectivity index (χ4n) is 1.51. The number of hydrogen-bond donors (Lipinski definition) is 2. The number of nitrogens with one attached hydrogen (secondary N) is 1. The largest absolute Gasteiger partial charge is 0.475 e. The van der Waals surface area contributed by atoms with Crippen molar-refractivity contribution in [3.05, 3.63) is 41.2 Å².